The van der Waals surface area contributed by atoms with Crippen LogP contribution in [-0.2, 0) is 10.3 Å². The molecule has 0 N–H and O–H groups in total. The van der Waals surface area contributed by atoms with Gasteiger partial charge in [-0.1, -0.05) is 140 Å². The molecule has 0 atom stereocenters. The minimum absolute atomic E-state index is 0.612. The average molecular weight is 589 g/mol. The SMILES string of the molecule is CCCCCOc1ccc(C(OCCCCC)(c2ccccc2)c2ccccc2)c(OCCCCC)c1OCCCCC. The minimum Gasteiger partial charge on any atom is -0.490 e. The van der Waals surface area contributed by atoms with Gasteiger partial charge >= 0.3 is 0 Å². The normalized spacial score (nSPS) is 11.4. The van der Waals surface area contributed by atoms with Crippen LogP contribution in [0.2, 0.25) is 0 Å². The van der Waals surface area contributed by atoms with E-state index in [0.29, 0.717) is 32.2 Å². The quantitative estimate of drug-likeness (QED) is 0.0815. The molecule has 0 aliphatic rings. The van der Waals surface area contributed by atoms with Crippen molar-refractivity contribution in [3.05, 3.63) is 89.5 Å². The summed E-state index contributed by atoms with van der Waals surface area (Å²) in [7, 11) is 0. The monoisotopic (exact) mass is 588 g/mol. The van der Waals surface area contributed by atoms with Crippen molar-refractivity contribution in [3.63, 3.8) is 0 Å². The van der Waals surface area contributed by atoms with Gasteiger partial charge in [0.25, 0.3) is 0 Å². The van der Waals surface area contributed by atoms with Gasteiger partial charge in [-0.3, -0.25) is 0 Å². The molecule has 3 aromatic rings. The lowest BCUT2D eigenvalue weighted by Crippen LogP contribution is -2.34. The van der Waals surface area contributed by atoms with Crippen molar-refractivity contribution in [3.8, 4) is 17.2 Å². The average Bonchev–Trinajstić information content (AvgIpc) is 3.05. The van der Waals surface area contributed by atoms with Crippen molar-refractivity contribution in [2.75, 3.05) is 26.4 Å². The van der Waals surface area contributed by atoms with Crippen molar-refractivity contribution >= 4 is 0 Å². The van der Waals surface area contributed by atoms with Gasteiger partial charge in [0.2, 0.25) is 5.75 Å². The van der Waals surface area contributed by atoms with Gasteiger partial charge in [-0.15, -0.1) is 0 Å². The summed E-state index contributed by atoms with van der Waals surface area (Å²) in [6.07, 6.45) is 13.0. The first kappa shape index (κ1) is 34.5. The summed E-state index contributed by atoms with van der Waals surface area (Å²) >= 11 is 0. The van der Waals surface area contributed by atoms with Gasteiger partial charge in [0.05, 0.1) is 19.8 Å². The van der Waals surface area contributed by atoms with Crippen molar-refractivity contribution in [1.29, 1.82) is 0 Å². The molecule has 4 nitrogen and oxygen atoms in total. The van der Waals surface area contributed by atoms with E-state index in [1.807, 2.05) is 0 Å². The van der Waals surface area contributed by atoms with E-state index in [1.54, 1.807) is 0 Å². The number of unbranched alkanes of at least 4 members (excludes halogenated alkanes) is 8. The van der Waals surface area contributed by atoms with Crippen LogP contribution in [0.25, 0.3) is 0 Å². The van der Waals surface area contributed by atoms with E-state index in [4.69, 9.17) is 18.9 Å². The molecule has 0 fully saturated rings. The van der Waals surface area contributed by atoms with Crippen LogP contribution >= 0.6 is 0 Å². The molecular formula is C39H56O4. The molecule has 0 aliphatic carbocycles. The third-order valence-corrected chi connectivity index (χ3v) is 7.88. The van der Waals surface area contributed by atoms with Crippen LogP contribution < -0.4 is 14.2 Å². The Hall–Kier alpha value is -2.98. The molecule has 0 amide bonds. The maximum atomic E-state index is 7.13. The highest BCUT2D eigenvalue weighted by atomic mass is 16.5. The fourth-order valence-corrected chi connectivity index (χ4v) is 5.45. The summed E-state index contributed by atoms with van der Waals surface area (Å²) in [5, 5.41) is 0. The predicted molar refractivity (Wildman–Crippen MR) is 180 cm³/mol. The summed E-state index contributed by atoms with van der Waals surface area (Å²) in [5.41, 5.74) is 2.23. The highest BCUT2D eigenvalue weighted by Gasteiger charge is 2.41. The van der Waals surface area contributed by atoms with Gasteiger partial charge in [0, 0.05) is 12.2 Å². The maximum Gasteiger partial charge on any atom is 0.204 e. The Morgan fingerprint density at radius 3 is 1.37 bits per heavy atom. The van der Waals surface area contributed by atoms with Gasteiger partial charge in [-0.2, -0.15) is 0 Å². The van der Waals surface area contributed by atoms with Gasteiger partial charge < -0.3 is 18.9 Å². The lowest BCUT2D eigenvalue weighted by Gasteiger charge is -2.37. The maximum absolute atomic E-state index is 7.13. The number of benzene rings is 3. The third-order valence-electron chi connectivity index (χ3n) is 7.88. The van der Waals surface area contributed by atoms with Crippen molar-refractivity contribution < 1.29 is 18.9 Å². The third kappa shape index (κ3) is 10.0. The fraction of sp³-hybridized carbons (Fsp3) is 0.538. The zero-order valence-electron chi connectivity index (χ0n) is 27.4. The second kappa shape index (κ2) is 20.1. The van der Waals surface area contributed by atoms with Gasteiger partial charge in [0.15, 0.2) is 11.5 Å². The van der Waals surface area contributed by atoms with E-state index in [2.05, 4.69) is 100 Å². The Morgan fingerprint density at radius 2 is 0.884 bits per heavy atom. The molecule has 43 heavy (non-hydrogen) atoms. The minimum atomic E-state index is -0.876. The molecule has 3 rings (SSSR count). The molecule has 0 aromatic heterocycles. The van der Waals surface area contributed by atoms with Crippen molar-refractivity contribution in [1.82, 2.24) is 0 Å². The van der Waals surface area contributed by atoms with E-state index >= 15 is 0 Å². The summed E-state index contributed by atoms with van der Waals surface area (Å²) in [4.78, 5) is 0. The second-order valence-electron chi connectivity index (χ2n) is 11.4. The molecule has 0 heterocycles. The molecule has 0 saturated carbocycles. The lowest BCUT2D eigenvalue weighted by atomic mass is 9.79. The molecule has 0 saturated heterocycles. The molecule has 0 bridgehead atoms. The van der Waals surface area contributed by atoms with E-state index in [9.17, 15) is 0 Å². The van der Waals surface area contributed by atoms with Crippen LogP contribution in [0.3, 0.4) is 0 Å². The van der Waals surface area contributed by atoms with Crippen LogP contribution in [0.4, 0.5) is 0 Å². The van der Waals surface area contributed by atoms with Crippen LogP contribution in [0.15, 0.2) is 72.8 Å². The largest absolute Gasteiger partial charge is 0.490 e. The Kier molecular flexibility index (Phi) is 16.1. The highest BCUT2D eigenvalue weighted by Crippen LogP contribution is 2.51. The number of rotatable bonds is 23. The fourth-order valence-electron chi connectivity index (χ4n) is 5.45. The van der Waals surface area contributed by atoms with Crippen molar-refractivity contribution in [2.24, 2.45) is 0 Å². The highest BCUT2D eigenvalue weighted by molar-refractivity contribution is 5.62. The number of ether oxygens (including phenoxy) is 4. The molecule has 4 heteroatoms. The van der Waals surface area contributed by atoms with Gasteiger partial charge in [-0.25, -0.2) is 0 Å². The Labute approximate surface area is 262 Å². The molecular weight excluding hydrogens is 532 g/mol. The summed E-state index contributed by atoms with van der Waals surface area (Å²) in [6, 6.07) is 25.4. The zero-order valence-corrected chi connectivity index (χ0v) is 27.4. The van der Waals surface area contributed by atoms with Crippen LogP contribution in [0.5, 0.6) is 17.2 Å². The summed E-state index contributed by atoms with van der Waals surface area (Å²) < 4.78 is 27.0. The molecule has 3 aromatic carbocycles. The van der Waals surface area contributed by atoms with Crippen LogP contribution in [-0.4, -0.2) is 26.4 Å². The Morgan fingerprint density at radius 1 is 0.442 bits per heavy atom. The summed E-state index contributed by atoms with van der Waals surface area (Å²) in [5.74, 6) is 2.20. The molecule has 0 spiro atoms. The molecule has 0 unspecified atom stereocenters. The Balaban J connectivity index is 2.25. The smallest absolute Gasteiger partial charge is 0.204 e. The van der Waals surface area contributed by atoms with Gasteiger partial charge in [-0.05, 0) is 48.9 Å². The number of hydrogen-bond donors (Lipinski definition) is 0. The van der Waals surface area contributed by atoms with Crippen molar-refractivity contribution in [2.45, 2.75) is 110 Å². The lowest BCUT2D eigenvalue weighted by molar-refractivity contribution is 0.00844. The first-order valence-corrected chi connectivity index (χ1v) is 17.0. The molecule has 0 aliphatic heterocycles. The predicted octanol–water partition coefficient (Wildman–Crippen LogP) is 10.9. The van der Waals surface area contributed by atoms with E-state index in [1.165, 1.54) is 0 Å². The molecule has 0 radical (unpaired) electrons. The second-order valence-corrected chi connectivity index (χ2v) is 11.4. The first-order valence-electron chi connectivity index (χ1n) is 17.0. The van der Waals surface area contributed by atoms with Gasteiger partial charge in [0.1, 0.15) is 5.60 Å². The Bertz CT molecular complexity index is 1090. The first-order chi connectivity index (χ1) is 21.2. The topological polar surface area (TPSA) is 36.9 Å². The summed E-state index contributed by atoms with van der Waals surface area (Å²) in [6.45, 7) is 11.4. The van der Waals surface area contributed by atoms with Crippen LogP contribution in [0.1, 0.15) is 121 Å². The molecule has 236 valence electrons. The standard InChI is InChI=1S/C39H56O4/c1-5-9-19-29-40-36-28-27-35(37(41-30-20-10-6-2)38(36)42-31-21-11-7-3)39(43-32-22-12-8-4,33-23-15-13-16-24-33)34-25-17-14-18-26-34/h13-18,23-28H,5-12,19-22,29-32H2,1-4H3. The van der Waals surface area contributed by atoms with E-state index < -0.39 is 5.60 Å². The van der Waals surface area contributed by atoms with E-state index in [-0.39, 0.29) is 0 Å². The van der Waals surface area contributed by atoms with E-state index in [0.717, 1.165) is 105 Å². The number of hydrogen-bond acceptors (Lipinski definition) is 4. The van der Waals surface area contributed by atoms with Crippen LogP contribution in [0, 0.1) is 0 Å². The zero-order chi connectivity index (χ0) is 30.6.